The molecule has 2 heterocycles. The van der Waals surface area contributed by atoms with E-state index in [1.54, 1.807) is 18.9 Å². The summed E-state index contributed by atoms with van der Waals surface area (Å²) in [5.41, 5.74) is 4.22. The van der Waals surface area contributed by atoms with Gasteiger partial charge in [0.2, 0.25) is 6.17 Å². The molecular weight excluding hydrogens is 334 g/mol. The van der Waals surface area contributed by atoms with Gasteiger partial charge in [0, 0.05) is 32.2 Å². The van der Waals surface area contributed by atoms with Gasteiger partial charge in [-0.15, -0.1) is 5.48 Å². The number of hydrogen-bond donors (Lipinski definition) is 2. The fourth-order valence-electron chi connectivity index (χ4n) is 3.23. The Balaban J connectivity index is 1.92. The molecule has 2 aliphatic heterocycles. The molecule has 1 saturated heterocycles. The zero-order valence-corrected chi connectivity index (χ0v) is 15.2. The van der Waals surface area contributed by atoms with E-state index in [4.69, 9.17) is 4.84 Å². The molecule has 1 aromatic carbocycles. The Kier molecular flexibility index (Phi) is 5.72. The van der Waals surface area contributed by atoms with Gasteiger partial charge >= 0.3 is 6.09 Å². The lowest BCUT2D eigenvalue weighted by molar-refractivity contribution is -0.122. The molecule has 8 heteroatoms. The number of carbonyl (C=O) groups is 2. The van der Waals surface area contributed by atoms with Crippen LogP contribution in [-0.4, -0.2) is 55.6 Å². The third-order valence-corrected chi connectivity index (χ3v) is 4.56. The predicted molar refractivity (Wildman–Crippen MR) is 98.9 cm³/mol. The van der Waals surface area contributed by atoms with Crippen LogP contribution in [0.5, 0.6) is 0 Å². The van der Waals surface area contributed by atoms with Crippen molar-refractivity contribution in [2.45, 2.75) is 32.4 Å². The van der Waals surface area contributed by atoms with E-state index in [2.05, 4.69) is 20.7 Å². The lowest BCUT2D eigenvalue weighted by Crippen LogP contribution is -2.46. The van der Waals surface area contributed by atoms with Crippen molar-refractivity contribution in [1.82, 2.24) is 15.7 Å². The summed E-state index contributed by atoms with van der Waals surface area (Å²) in [4.78, 5) is 37.8. The van der Waals surface area contributed by atoms with E-state index in [1.807, 2.05) is 24.3 Å². The first-order chi connectivity index (χ1) is 12.6. The van der Waals surface area contributed by atoms with Crippen molar-refractivity contribution in [3.05, 3.63) is 29.8 Å². The highest BCUT2D eigenvalue weighted by molar-refractivity contribution is 6.11. The number of amidine groups is 1. The average Bonchev–Trinajstić information content (AvgIpc) is 2.77. The van der Waals surface area contributed by atoms with Gasteiger partial charge in [-0.25, -0.2) is 9.79 Å². The lowest BCUT2D eigenvalue weighted by Gasteiger charge is -2.30. The van der Waals surface area contributed by atoms with Crippen molar-refractivity contribution in [2.75, 3.05) is 31.6 Å². The Labute approximate surface area is 153 Å². The van der Waals surface area contributed by atoms with Crippen molar-refractivity contribution < 1.29 is 14.4 Å². The van der Waals surface area contributed by atoms with Crippen LogP contribution in [0.4, 0.5) is 10.5 Å². The third kappa shape index (κ3) is 3.80. The van der Waals surface area contributed by atoms with E-state index in [0.717, 1.165) is 43.0 Å². The van der Waals surface area contributed by atoms with E-state index in [9.17, 15) is 9.59 Å². The van der Waals surface area contributed by atoms with Crippen LogP contribution in [0.3, 0.4) is 0 Å². The normalized spacial score (nSPS) is 20.2. The summed E-state index contributed by atoms with van der Waals surface area (Å²) >= 11 is 0. The van der Waals surface area contributed by atoms with Crippen LogP contribution in [0.2, 0.25) is 0 Å². The second-order valence-corrected chi connectivity index (χ2v) is 6.36. The molecule has 8 nitrogen and oxygen atoms in total. The summed E-state index contributed by atoms with van der Waals surface area (Å²) < 4.78 is 0. The highest BCUT2D eigenvalue weighted by Crippen LogP contribution is 2.27. The molecule has 0 aromatic heterocycles. The van der Waals surface area contributed by atoms with Gasteiger partial charge < -0.3 is 20.0 Å². The number of benzene rings is 1. The molecule has 2 N–H and O–H groups in total. The first-order valence-corrected chi connectivity index (χ1v) is 9.01. The van der Waals surface area contributed by atoms with Crippen LogP contribution in [0.25, 0.3) is 0 Å². The van der Waals surface area contributed by atoms with Crippen LogP contribution in [0.1, 0.15) is 31.7 Å². The summed E-state index contributed by atoms with van der Waals surface area (Å²) in [6.45, 7) is 4.02. The molecule has 1 fully saturated rings. The SMILES string of the molecule is CCNC(=O)ONC1N=C(N2CCCCC2)c2ccccc2N(C)C1=O. The average molecular weight is 359 g/mol. The first kappa shape index (κ1) is 18.2. The molecule has 0 spiro atoms. The smallest absolute Gasteiger partial charge is 0.356 e. The van der Waals surface area contributed by atoms with Crippen molar-refractivity contribution in [3.63, 3.8) is 0 Å². The van der Waals surface area contributed by atoms with E-state index < -0.39 is 12.3 Å². The highest BCUT2D eigenvalue weighted by Gasteiger charge is 2.32. The molecule has 1 atom stereocenters. The fraction of sp³-hybridized carbons (Fsp3) is 0.500. The minimum absolute atomic E-state index is 0.284. The van der Waals surface area contributed by atoms with Crippen LogP contribution in [0, 0.1) is 0 Å². The number of likely N-dealkylation sites (N-methyl/N-ethyl adjacent to an activating group) is 1. The van der Waals surface area contributed by atoms with Crippen LogP contribution in [-0.2, 0) is 9.63 Å². The molecule has 0 saturated carbocycles. The van der Waals surface area contributed by atoms with Gasteiger partial charge in [0.1, 0.15) is 5.84 Å². The van der Waals surface area contributed by atoms with Gasteiger partial charge in [0.05, 0.1) is 5.69 Å². The molecule has 2 aliphatic rings. The molecule has 26 heavy (non-hydrogen) atoms. The number of fused-ring (bicyclic) bond motifs is 1. The summed E-state index contributed by atoms with van der Waals surface area (Å²) in [7, 11) is 1.70. The zero-order chi connectivity index (χ0) is 18.5. The summed E-state index contributed by atoms with van der Waals surface area (Å²) in [6.07, 6.45) is 1.76. The molecule has 3 rings (SSSR count). The lowest BCUT2D eigenvalue weighted by atomic mass is 10.1. The Morgan fingerprint density at radius 1 is 1.27 bits per heavy atom. The number of hydrogen-bond acceptors (Lipinski definition) is 6. The van der Waals surface area contributed by atoms with Crippen molar-refractivity contribution in [3.8, 4) is 0 Å². The van der Waals surface area contributed by atoms with E-state index in [0.29, 0.717) is 6.54 Å². The van der Waals surface area contributed by atoms with E-state index in [-0.39, 0.29) is 5.91 Å². The Bertz CT molecular complexity index is 700. The molecule has 0 bridgehead atoms. The molecule has 1 unspecified atom stereocenters. The number of amides is 2. The molecular formula is C18H25N5O3. The summed E-state index contributed by atoms with van der Waals surface area (Å²) in [6, 6.07) is 7.71. The van der Waals surface area contributed by atoms with Crippen LogP contribution >= 0.6 is 0 Å². The molecule has 0 aliphatic carbocycles. The van der Waals surface area contributed by atoms with Crippen LogP contribution < -0.4 is 15.7 Å². The number of piperidine rings is 1. The van der Waals surface area contributed by atoms with E-state index in [1.165, 1.54) is 6.42 Å². The number of hydroxylamine groups is 1. The quantitative estimate of drug-likeness (QED) is 0.798. The Morgan fingerprint density at radius 3 is 2.73 bits per heavy atom. The third-order valence-electron chi connectivity index (χ3n) is 4.56. The number of rotatable bonds is 3. The number of para-hydroxylation sites is 1. The second-order valence-electron chi connectivity index (χ2n) is 6.36. The number of likely N-dealkylation sites (tertiary alicyclic amines) is 1. The van der Waals surface area contributed by atoms with Crippen molar-refractivity contribution >= 4 is 23.5 Å². The largest absolute Gasteiger partial charge is 0.426 e. The topological polar surface area (TPSA) is 86.3 Å². The molecule has 0 radical (unpaired) electrons. The Hall–Kier alpha value is -2.61. The minimum Gasteiger partial charge on any atom is -0.356 e. The van der Waals surface area contributed by atoms with Gasteiger partial charge in [0.15, 0.2) is 0 Å². The number of nitrogens with one attached hydrogen (secondary N) is 2. The monoisotopic (exact) mass is 359 g/mol. The molecule has 1 aromatic rings. The fourth-order valence-corrected chi connectivity index (χ4v) is 3.23. The highest BCUT2D eigenvalue weighted by atomic mass is 16.7. The maximum Gasteiger partial charge on any atom is 0.426 e. The van der Waals surface area contributed by atoms with Gasteiger partial charge in [0.25, 0.3) is 5.91 Å². The predicted octanol–water partition coefficient (Wildman–Crippen LogP) is 1.47. The number of benzodiazepines with no additional fused rings is 1. The Morgan fingerprint density at radius 2 is 2.00 bits per heavy atom. The number of carbonyl (C=O) groups excluding carboxylic acids is 2. The second kappa shape index (κ2) is 8.18. The summed E-state index contributed by atoms with van der Waals surface area (Å²) in [5, 5.41) is 2.51. The van der Waals surface area contributed by atoms with Crippen LogP contribution in [0.15, 0.2) is 29.3 Å². The standard InChI is InChI=1S/C18H25N5O3/c1-3-19-18(25)26-21-15-17(24)22(2)14-10-6-5-9-13(14)16(20-15)23-11-7-4-8-12-23/h5-6,9-10,15,21H,3-4,7-8,11-12H2,1-2H3,(H,19,25). The maximum absolute atomic E-state index is 12.8. The first-order valence-electron chi connectivity index (χ1n) is 9.01. The minimum atomic E-state index is -0.994. The van der Waals surface area contributed by atoms with E-state index >= 15 is 0 Å². The molecule has 2 amide bonds. The van der Waals surface area contributed by atoms with Crippen molar-refractivity contribution in [1.29, 1.82) is 0 Å². The number of nitrogens with zero attached hydrogens (tertiary/aromatic N) is 3. The summed E-state index contributed by atoms with van der Waals surface area (Å²) in [5.74, 6) is 0.476. The van der Waals surface area contributed by atoms with Gasteiger partial charge in [-0.05, 0) is 38.3 Å². The number of aliphatic imine (C=N–C) groups is 1. The number of anilines is 1. The van der Waals surface area contributed by atoms with Gasteiger partial charge in [-0.3, -0.25) is 4.79 Å². The maximum atomic E-state index is 12.8. The van der Waals surface area contributed by atoms with Crippen molar-refractivity contribution in [2.24, 2.45) is 4.99 Å². The van der Waals surface area contributed by atoms with Gasteiger partial charge in [-0.2, -0.15) is 0 Å². The molecule has 140 valence electrons. The van der Waals surface area contributed by atoms with Gasteiger partial charge in [-0.1, -0.05) is 12.1 Å². The zero-order valence-electron chi connectivity index (χ0n) is 15.2.